The van der Waals surface area contributed by atoms with Crippen molar-refractivity contribution >= 4 is 16.9 Å². The van der Waals surface area contributed by atoms with Crippen molar-refractivity contribution in [2.75, 3.05) is 39.8 Å². The quantitative estimate of drug-likeness (QED) is 0.328. The predicted molar refractivity (Wildman–Crippen MR) is 157 cm³/mol. The highest BCUT2D eigenvalue weighted by molar-refractivity contribution is 5.90. The van der Waals surface area contributed by atoms with E-state index in [1.807, 2.05) is 24.3 Å². The number of hydrogen-bond donors (Lipinski definition) is 1. The van der Waals surface area contributed by atoms with E-state index in [0.29, 0.717) is 36.0 Å². The highest BCUT2D eigenvalue weighted by Crippen LogP contribution is 2.41. The van der Waals surface area contributed by atoms with Crippen LogP contribution in [0.1, 0.15) is 62.3 Å². The second-order valence-corrected chi connectivity index (χ2v) is 11.4. The number of likely N-dealkylation sites (tertiary alicyclic amines) is 1. The molecular weight excluding hydrogens is 520 g/mol. The fourth-order valence-electron chi connectivity index (χ4n) is 7.14. The highest BCUT2D eigenvalue weighted by atomic mass is 16.6. The van der Waals surface area contributed by atoms with Gasteiger partial charge in [0.15, 0.2) is 5.60 Å². The molecule has 1 aromatic carbocycles. The van der Waals surface area contributed by atoms with Crippen LogP contribution in [0.3, 0.4) is 0 Å². The van der Waals surface area contributed by atoms with E-state index in [1.54, 1.807) is 11.7 Å². The van der Waals surface area contributed by atoms with Crippen LogP contribution >= 0.6 is 0 Å². The lowest BCUT2D eigenvalue weighted by Gasteiger charge is -2.39. The van der Waals surface area contributed by atoms with Crippen LogP contribution < -0.4 is 10.3 Å². The van der Waals surface area contributed by atoms with E-state index in [9.17, 15) is 14.7 Å². The van der Waals surface area contributed by atoms with Crippen LogP contribution in [0.2, 0.25) is 0 Å². The molecule has 41 heavy (non-hydrogen) atoms. The Morgan fingerprint density at radius 2 is 1.88 bits per heavy atom. The summed E-state index contributed by atoms with van der Waals surface area (Å²) in [6.45, 7) is 11.2. The Hall–Kier alpha value is -3.27. The van der Waals surface area contributed by atoms with Gasteiger partial charge in [-0.05, 0) is 75.3 Å². The average molecular weight is 561 g/mol. The van der Waals surface area contributed by atoms with Gasteiger partial charge in [0.1, 0.15) is 12.4 Å². The number of cyclic esters (lactones) is 1. The van der Waals surface area contributed by atoms with Crippen molar-refractivity contribution in [2.45, 2.75) is 71.2 Å². The maximum atomic E-state index is 13.8. The normalized spacial score (nSPS) is 20.7. The van der Waals surface area contributed by atoms with E-state index in [2.05, 4.69) is 30.6 Å². The SMILES string of the molecule is CCc1c2c(nc3ccc(OC)cc13)-c1cc3c(c(=O)n1C2)COC(=O)[C@]3(O)CCN1CCC(N(CC)CC)CC1. The first-order valence-electron chi connectivity index (χ1n) is 15.0. The molecule has 6 rings (SSSR count). The van der Waals surface area contributed by atoms with E-state index >= 15 is 0 Å². The fourth-order valence-corrected chi connectivity index (χ4v) is 7.14. The van der Waals surface area contributed by atoms with E-state index in [4.69, 9.17) is 14.5 Å². The predicted octanol–water partition coefficient (Wildman–Crippen LogP) is 3.44. The minimum Gasteiger partial charge on any atom is -0.497 e. The summed E-state index contributed by atoms with van der Waals surface area (Å²) in [4.78, 5) is 36.7. The Kier molecular flexibility index (Phi) is 7.38. The molecule has 1 N–H and O–H groups in total. The van der Waals surface area contributed by atoms with Crippen molar-refractivity contribution < 1.29 is 19.4 Å². The molecule has 0 amide bonds. The number of fused-ring (bicyclic) bond motifs is 5. The summed E-state index contributed by atoms with van der Waals surface area (Å²) >= 11 is 0. The Labute approximate surface area is 240 Å². The largest absolute Gasteiger partial charge is 0.497 e. The van der Waals surface area contributed by atoms with Crippen LogP contribution in [0.5, 0.6) is 5.75 Å². The topological polar surface area (TPSA) is 97.1 Å². The molecule has 0 bridgehead atoms. The molecule has 3 aliphatic heterocycles. The standard InChI is InChI=1S/C32H40N4O5/c1-5-22-23-16-21(40-4)8-9-27(23)33-29-24(22)18-36-28(29)17-26-25(30(36)37)19-41-31(38)32(26,39)12-15-34-13-10-20(11-14-34)35(6-2)7-3/h8-9,16-17,20,39H,5-7,10-15,18-19H2,1-4H3/t32-/m0/s1. The summed E-state index contributed by atoms with van der Waals surface area (Å²) in [7, 11) is 1.65. The maximum Gasteiger partial charge on any atom is 0.343 e. The van der Waals surface area contributed by atoms with Gasteiger partial charge in [0.25, 0.3) is 5.56 Å². The van der Waals surface area contributed by atoms with Crippen molar-refractivity contribution in [1.29, 1.82) is 0 Å². The van der Waals surface area contributed by atoms with Gasteiger partial charge < -0.3 is 28.9 Å². The van der Waals surface area contributed by atoms with Crippen molar-refractivity contribution in [1.82, 2.24) is 19.4 Å². The van der Waals surface area contributed by atoms with Crippen molar-refractivity contribution in [3.05, 3.63) is 56.9 Å². The third-order valence-electron chi connectivity index (χ3n) is 9.53. The lowest BCUT2D eigenvalue weighted by Crippen LogP contribution is -2.49. The smallest absolute Gasteiger partial charge is 0.343 e. The zero-order valence-corrected chi connectivity index (χ0v) is 24.5. The number of methoxy groups -OCH3 is 1. The number of esters is 1. The van der Waals surface area contributed by atoms with Gasteiger partial charge in [0.2, 0.25) is 0 Å². The van der Waals surface area contributed by atoms with Crippen LogP contribution in [0.15, 0.2) is 29.1 Å². The maximum absolute atomic E-state index is 13.8. The van der Waals surface area contributed by atoms with Crippen LogP contribution in [-0.2, 0) is 34.7 Å². The first-order chi connectivity index (χ1) is 19.8. The number of ether oxygens (including phenoxy) is 2. The molecule has 0 saturated carbocycles. The van der Waals surface area contributed by atoms with Crippen LogP contribution in [-0.4, -0.2) is 76.3 Å². The van der Waals surface area contributed by atoms with Crippen molar-refractivity contribution in [3.8, 4) is 17.1 Å². The molecule has 218 valence electrons. The molecule has 0 radical (unpaired) electrons. The molecule has 9 nitrogen and oxygen atoms in total. The van der Waals surface area contributed by atoms with Gasteiger partial charge in [-0.2, -0.15) is 0 Å². The Balaban J connectivity index is 1.34. The summed E-state index contributed by atoms with van der Waals surface area (Å²) in [5.41, 5.74) is 2.94. The van der Waals surface area contributed by atoms with Crippen LogP contribution in [0.25, 0.3) is 22.3 Å². The van der Waals surface area contributed by atoms with E-state index in [1.165, 1.54) is 0 Å². The number of carbonyl (C=O) groups excluding carboxylic acids is 1. The van der Waals surface area contributed by atoms with Crippen LogP contribution in [0, 0.1) is 0 Å². The molecule has 1 saturated heterocycles. The van der Waals surface area contributed by atoms with Gasteiger partial charge in [-0.25, -0.2) is 9.78 Å². The molecule has 2 aromatic heterocycles. The number of aliphatic hydroxyl groups is 1. The lowest BCUT2D eigenvalue weighted by molar-refractivity contribution is -0.173. The zero-order chi connectivity index (χ0) is 28.9. The molecule has 1 atom stereocenters. The third kappa shape index (κ3) is 4.54. The number of rotatable bonds is 8. The fraction of sp³-hybridized carbons (Fsp3) is 0.531. The number of hydrogen-bond acceptors (Lipinski definition) is 8. The average Bonchev–Trinajstić information content (AvgIpc) is 3.36. The minimum absolute atomic E-state index is 0.131. The molecule has 5 heterocycles. The van der Waals surface area contributed by atoms with E-state index in [0.717, 1.165) is 78.9 Å². The van der Waals surface area contributed by atoms with E-state index in [-0.39, 0.29) is 18.6 Å². The Bertz CT molecular complexity index is 1550. The number of aryl methyl sites for hydroxylation is 1. The lowest BCUT2D eigenvalue weighted by atomic mass is 9.85. The molecule has 0 unspecified atom stereocenters. The number of piperidine rings is 1. The summed E-state index contributed by atoms with van der Waals surface area (Å²) < 4.78 is 12.6. The second-order valence-electron chi connectivity index (χ2n) is 11.4. The number of benzene rings is 1. The number of aromatic nitrogens is 2. The molecule has 0 spiro atoms. The van der Waals surface area contributed by atoms with Crippen molar-refractivity contribution in [3.63, 3.8) is 0 Å². The summed E-state index contributed by atoms with van der Waals surface area (Å²) in [5, 5.41) is 12.9. The minimum atomic E-state index is -1.88. The monoisotopic (exact) mass is 560 g/mol. The first-order valence-corrected chi connectivity index (χ1v) is 15.0. The van der Waals surface area contributed by atoms with Gasteiger partial charge in [-0.1, -0.05) is 20.8 Å². The molecular formula is C32H40N4O5. The number of pyridine rings is 2. The second kappa shape index (κ2) is 10.9. The third-order valence-corrected chi connectivity index (χ3v) is 9.53. The molecule has 9 heteroatoms. The highest BCUT2D eigenvalue weighted by Gasteiger charge is 2.47. The zero-order valence-electron chi connectivity index (χ0n) is 24.5. The van der Waals surface area contributed by atoms with Crippen LogP contribution in [0.4, 0.5) is 0 Å². The summed E-state index contributed by atoms with van der Waals surface area (Å²) in [6.07, 6.45) is 3.08. The molecule has 0 aliphatic carbocycles. The van der Waals surface area contributed by atoms with Gasteiger partial charge >= 0.3 is 5.97 Å². The molecule has 3 aliphatic rings. The Morgan fingerprint density at radius 1 is 1.12 bits per heavy atom. The number of carbonyl (C=O) groups is 1. The van der Waals surface area contributed by atoms with Gasteiger partial charge in [0, 0.05) is 35.5 Å². The Morgan fingerprint density at radius 3 is 2.56 bits per heavy atom. The molecule has 3 aromatic rings. The first kappa shape index (κ1) is 27.9. The van der Waals surface area contributed by atoms with E-state index < -0.39 is 11.6 Å². The number of nitrogens with zero attached hydrogens (tertiary/aromatic N) is 4. The van der Waals surface area contributed by atoms with Gasteiger partial charge in [-0.3, -0.25) is 4.79 Å². The van der Waals surface area contributed by atoms with Crippen molar-refractivity contribution in [2.24, 2.45) is 0 Å². The summed E-state index contributed by atoms with van der Waals surface area (Å²) in [5.74, 6) is 0.0773. The molecule has 1 fully saturated rings. The van der Waals surface area contributed by atoms with Gasteiger partial charge in [0.05, 0.1) is 36.1 Å². The van der Waals surface area contributed by atoms with Gasteiger partial charge in [-0.15, -0.1) is 0 Å². The summed E-state index contributed by atoms with van der Waals surface area (Å²) in [6, 6.07) is 8.20.